The molecular formula is C21H33N3O2S. The number of nitrogens with zero attached hydrogens (tertiary/aromatic N) is 2. The number of nitrogens with one attached hydrogen (secondary N) is 1. The molecule has 1 aromatic carbocycles. The van der Waals surface area contributed by atoms with Gasteiger partial charge in [-0.1, -0.05) is 24.3 Å². The predicted molar refractivity (Wildman–Crippen MR) is 113 cm³/mol. The van der Waals surface area contributed by atoms with E-state index < -0.39 is 0 Å². The van der Waals surface area contributed by atoms with E-state index >= 15 is 0 Å². The molecule has 2 rings (SSSR count). The van der Waals surface area contributed by atoms with Crippen LogP contribution in [0.5, 0.6) is 0 Å². The molecular weight excluding hydrogens is 358 g/mol. The highest BCUT2D eigenvalue weighted by molar-refractivity contribution is 8.01. The Morgan fingerprint density at radius 1 is 1.30 bits per heavy atom. The molecule has 0 aromatic heterocycles. The molecule has 1 N–H and O–H groups in total. The molecule has 1 fully saturated rings. The number of carbonyl (C=O) groups excluding carboxylic acids is 2. The van der Waals surface area contributed by atoms with E-state index in [1.807, 2.05) is 58.6 Å². The van der Waals surface area contributed by atoms with E-state index in [4.69, 9.17) is 0 Å². The van der Waals surface area contributed by atoms with Crippen molar-refractivity contribution >= 4 is 23.7 Å². The number of aryl methyl sites for hydroxylation is 1. The number of amides is 3. The summed E-state index contributed by atoms with van der Waals surface area (Å²) in [7, 11) is 0. The molecule has 0 saturated carbocycles. The summed E-state index contributed by atoms with van der Waals surface area (Å²) in [5.41, 5.74) is 2.07. The second-order valence-electron chi connectivity index (χ2n) is 8.49. The van der Waals surface area contributed by atoms with Crippen LogP contribution in [0.15, 0.2) is 24.3 Å². The van der Waals surface area contributed by atoms with Gasteiger partial charge in [0.25, 0.3) is 0 Å². The van der Waals surface area contributed by atoms with Gasteiger partial charge in [-0.2, -0.15) is 0 Å². The van der Waals surface area contributed by atoms with E-state index in [2.05, 4.69) is 24.4 Å². The highest BCUT2D eigenvalue weighted by atomic mass is 32.2. The Labute approximate surface area is 167 Å². The van der Waals surface area contributed by atoms with Crippen molar-refractivity contribution in [3.8, 4) is 0 Å². The lowest BCUT2D eigenvalue weighted by Crippen LogP contribution is -2.52. The first kappa shape index (κ1) is 21.6. The molecule has 0 bridgehead atoms. The lowest BCUT2D eigenvalue weighted by molar-refractivity contribution is -0.130. The van der Waals surface area contributed by atoms with E-state index in [-0.39, 0.29) is 34.1 Å². The maximum absolute atomic E-state index is 12.8. The number of carbonyl (C=O) groups is 2. The molecule has 1 heterocycles. The summed E-state index contributed by atoms with van der Waals surface area (Å²) < 4.78 is 0. The Kier molecular flexibility index (Phi) is 6.84. The molecule has 1 aromatic rings. The predicted octanol–water partition coefficient (Wildman–Crippen LogP) is 4.18. The molecule has 0 radical (unpaired) electrons. The third-order valence-corrected chi connectivity index (χ3v) is 6.03. The molecule has 0 spiro atoms. The minimum atomic E-state index is -0.290. The van der Waals surface area contributed by atoms with Crippen LogP contribution in [0.25, 0.3) is 0 Å². The summed E-state index contributed by atoms with van der Waals surface area (Å²) in [5, 5.41) is 2.97. The van der Waals surface area contributed by atoms with Gasteiger partial charge in [-0.15, -0.1) is 11.8 Å². The lowest BCUT2D eigenvalue weighted by Gasteiger charge is -2.33. The van der Waals surface area contributed by atoms with Crippen molar-refractivity contribution in [3.63, 3.8) is 0 Å². The molecule has 6 heteroatoms. The van der Waals surface area contributed by atoms with Crippen molar-refractivity contribution in [2.24, 2.45) is 0 Å². The molecule has 1 aliphatic rings. The van der Waals surface area contributed by atoms with Gasteiger partial charge in [0.2, 0.25) is 5.91 Å². The molecule has 1 aliphatic heterocycles. The Morgan fingerprint density at radius 3 is 2.48 bits per heavy atom. The van der Waals surface area contributed by atoms with Crippen LogP contribution in [0.3, 0.4) is 0 Å². The summed E-state index contributed by atoms with van der Waals surface area (Å²) in [4.78, 5) is 29.2. The minimum absolute atomic E-state index is 0.00777. The van der Waals surface area contributed by atoms with Gasteiger partial charge in [-0.05, 0) is 59.6 Å². The van der Waals surface area contributed by atoms with Crippen LogP contribution in [0.1, 0.15) is 58.0 Å². The maximum Gasteiger partial charge on any atom is 0.318 e. The van der Waals surface area contributed by atoms with E-state index in [0.29, 0.717) is 13.1 Å². The molecule has 3 amide bonds. The zero-order valence-electron chi connectivity index (χ0n) is 17.6. The first-order valence-corrected chi connectivity index (χ1v) is 10.6. The largest absolute Gasteiger partial charge is 0.333 e. The van der Waals surface area contributed by atoms with Gasteiger partial charge in [-0.25, -0.2) is 4.79 Å². The maximum atomic E-state index is 12.8. The Hall–Kier alpha value is -1.69. The fourth-order valence-corrected chi connectivity index (χ4v) is 4.61. The fraction of sp³-hybridized carbons (Fsp3) is 0.619. The second kappa shape index (κ2) is 8.55. The van der Waals surface area contributed by atoms with E-state index in [0.717, 1.165) is 0 Å². The zero-order chi connectivity index (χ0) is 20.4. The normalized spacial score (nSPS) is 20.3. The molecule has 0 unspecified atom stereocenters. The topological polar surface area (TPSA) is 52.7 Å². The average molecular weight is 392 g/mol. The van der Waals surface area contributed by atoms with Gasteiger partial charge >= 0.3 is 6.03 Å². The van der Waals surface area contributed by atoms with E-state index in [9.17, 15) is 9.59 Å². The molecule has 1 saturated heterocycles. The third kappa shape index (κ3) is 5.41. The monoisotopic (exact) mass is 391 g/mol. The number of urea groups is 1. The van der Waals surface area contributed by atoms with Crippen molar-refractivity contribution in [1.29, 1.82) is 0 Å². The first-order chi connectivity index (χ1) is 12.5. The van der Waals surface area contributed by atoms with Gasteiger partial charge < -0.3 is 15.1 Å². The highest BCUT2D eigenvalue weighted by Gasteiger charge is 2.39. The molecule has 150 valence electrons. The van der Waals surface area contributed by atoms with Crippen LogP contribution in [0, 0.1) is 6.92 Å². The second-order valence-corrected chi connectivity index (χ2v) is 9.91. The lowest BCUT2D eigenvalue weighted by atomic mass is 10.1. The standard InChI is InChI=1S/C21H33N3O2S/c1-14(2)23(20(26)22-21(5,6)7)12-13-24-18(25)16(4)27-19(24)17-11-9-8-10-15(17)3/h8-11,14,16,19H,12-13H2,1-7H3,(H,22,26)/t16-,19-/m0/s1. The van der Waals surface area contributed by atoms with Gasteiger partial charge in [0.05, 0.1) is 5.25 Å². The summed E-state index contributed by atoms with van der Waals surface area (Å²) in [6.45, 7) is 15.0. The van der Waals surface area contributed by atoms with Crippen molar-refractivity contribution in [2.45, 2.75) is 70.7 Å². The van der Waals surface area contributed by atoms with Crippen molar-refractivity contribution in [3.05, 3.63) is 35.4 Å². The Bertz CT molecular complexity index is 684. The Balaban J connectivity index is 2.15. The van der Waals surface area contributed by atoms with Crippen molar-refractivity contribution in [2.75, 3.05) is 13.1 Å². The number of benzene rings is 1. The number of hydrogen-bond acceptors (Lipinski definition) is 3. The zero-order valence-corrected chi connectivity index (χ0v) is 18.4. The van der Waals surface area contributed by atoms with Crippen LogP contribution in [-0.2, 0) is 4.79 Å². The molecule has 27 heavy (non-hydrogen) atoms. The van der Waals surface area contributed by atoms with E-state index in [1.54, 1.807) is 16.7 Å². The number of hydrogen-bond donors (Lipinski definition) is 1. The van der Waals surface area contributed by atoms with Gasteiger partial charge in [-0.3, -0.25) is 4.79 Å². The van der Waals surface area contributed by atoms with Gasteiger partial charge in [0.1, 0.15) is 5.37 Å². The van der Waals surface area contributed by atoms with Crippen LogP contribution < -0.4 is 5.32 Å². The van der Waals surface area contributed by atoms with E-state index in [1.165, 1.54) is 11.1 Å². The van der Waals surface area contributed by atoms with Crippen LogP contribution in [-0.4, -0.2) is 51.7 Å². The van der Waals surface area contributed by atoms with Crippen LogP contribution in [0.2, 0.25) is 0 Å². The average Bonchev–Trinajstić information content (AvgIpc) is 2.81. The highest BCUT2D eigenvalue weighted by Crippen LogP contribution is 2.43. The SMILES string of the molecule is Cc1ccccc1[C@@H]1S[C@@H](C)C(=O)N1CCN(C(=O)NC(C)(C)C)C(C)C. The van der Waals surface area contributed by atoms with Gasteiger partial charge in [0, 0.05) is 24.7 Å². The fourth-order valence-electron chi connectivity index (χ4n) is 3.21. The summed E-state index contributed by atoms with van der Waals surface area (Å²) >= 11 is 1.68. The first-order valence-electron chi connectivity index (χ1n) is 9.61. The minimum Gasteiger partial charge on any atom is -0.333 e. The molecule has 0 aliphatic carbocycles. The van der Waals surface area contributed by atoms with Crippen LogP contribution >= 0.6 is 11.8 Å². The molecule has 5 nitrogen and oxygen atoms in total. The Morgan fingerprint density at radius 2 is 1.93 bits per heavy atom. The molecule has 2 atom stereocenters. The van der Waals surface area contributed by atoms with Crippen molar-refractivity contribution < 1.29 is 9.59 Å². The summed E-state index contributed by atoms with van der Waals surface area (Å²) in [5.74, 6) is 0.146. The van der Waals surface area contributed by atoms with Crippen molar-refractivity contribution in [1.82, 2.24) is 15.1 Å². The van der Waals surface area contributed by atoms with Crippen LogP contribution in [0.4, 0.5) is 4.79 Å². The third-order valence-electron chi connectivity index (χ3n) is 4.65. The quantitative estimate of drug-likeness (QED) is 0.819. The number of rotatable bonds is 5. The summed E-state index contributed by atoms with van der Waals surface area (Å²) in [6, 6.07) is 8.19. The summed E-state index contributed by atoms with van der Waals surface area (Å²) in [6.07, 6.45) is 0. The van der Waals surface area contributed by atoms with Gasteiger partial charge in [0.15, 0.2) is 0 Å². The number of thioether (sulfide) groups is 1. The smallest absolute Gasteiger partial charge is 0.318 e.